The lowest BCUT2D eigenvalue weighted by Gasteiger charge is -2.25. The van der Waals surface area contributed by atoms with Crippen molar-refractivity contribution in [1.29, 1.82) is 0 Å². The van der Waals surface area contributed by atoms with Crippen LogP contribution in [0.1, 0.15) is 11.1 Å². The number of para-hydroxylation sites is 2. The summed E-state index contributed by atoms with van der Waals surface area (Å²) < 4.78 is 0. The first-order valence-corrected chi connectivity index (χ1v) is 10.2. The summed E-state index contributed by atoms with van der Waals surface area (Å²) in [6, 6.07) is 23.4. The molecule has 0 saturated carbocycles. The van der Waals surface area contributed by atoms with Gasteiger partial charge in [-0.15, -0.1) is 0 Å². The molecule has 30 heavy (non-hydrogen) atoms. The number of urea groups is 1. The molecule has 5 nitrogen and oxygen atoms in total. The van der Waals surface area contributed by atoms with E-state index in [0.29, 0.717) is 23.7 Å². The monoisotopic (exact) mass is 419 g/mol. The molecule has 6 heteroatoms. The molecular formula is C24H22ClN3O2. The van der Waals surface area contributed by atoms with Crippen molar-refractivity contribution < 1.29 is 9.59 Å². The second-order valence-electron chi connectivity index (χ2n) is 7.19. The third-order valence-electron chi connectivity index (χ3n) is 5.16. The minimum atomic E-state index is -0.707. The molecule has 152 valence electrons. The van der Waals surface area contributed by atoms with E-state index >= 15 is 0 Å². The van der Waals surface area contributed by atoms with Crippen molar-refractivity contribution >= 4 is 34.9 Å². The van der Waals surface area contributed by atoms with Crippen LogP contribution in [-0.4, -0.2) is 24.5 Å². The Labute approximate surface area is 180 Å². The normalized spacial score (nSPS) is 13.4. The van der Waals surface area contributed by atoms with Gasteiger partial charge in [0.25, 0.3) is 0 Å². The smallest absolute Gasteiger partial charge is 0.319 e. The molecule has 0 bridgehead atoms. The van der Waals surface area contributed by atoms with Crippen molar-refractivity contribution in [2.24, 2.45) is 0 Å². The van der Waals surface area contributed by atoms with Gasteiger partial charge >= 0.3 is 6.03 Å². The van der Waals surface area contributed by atoms with Crippen LogP contribution in [0.25, 0.3) is 0 Å². The molecule has 1 unspecified atom stereocenters. The summed E-state index contributed by atoms with van der Waals surface area (Å²) in [5.41, 5.74) is 3.52. The van der Waals surface area contributed by atoms with Crippen LogP contribution in [0, 0.1) is 0 Å². The van der Waals surface area contributed by atoms with Gasteiger partial charge in [-0.25, -0.2) is 4.79 Å². The Morgan fingerprint density at radius 1 is 0.933 bits per heavy atom. The van der Waals surface area contributed by atoms with E-state index in [4.69, 9.17) is 11.6 Å². The van der Waals surface area contributed by atoms with Crippen molar-refractivity contribution in [3.63, 3.8) is 0 Å². The fourth-order valence-corrected chi connectivity index (χ4v) is 3.87. The Balaban J connectivity index is 1.54. The number of carbonyl (C=O) groups is 2. The molecule has 0 fully saturated rings. The molecule has 3 aromatic carbocycles. The van der Waals surface area contributed by atoms with E-state index < -0.39 is 12.1 Å². The molecule has 1 aliphatic rings. The average molecular weight is 420 g/mol. The zero-order valence-corrected chi connectivity index (χ0v) is 17.1. The SMILES string of the molecule is O=C(Nc1ccccc1Cl)NC(Cc1ccccc1)C(=O)N1CCc2ccccc21. The standard InChI is InChI=1S/C24H22ClN3O2/c25-19-11-5-6-12-20(19)26-24(30)27-21(16-17-8-2-1-3-9-17)23(29)28-15-14-18-10-4-7-13-22(18)28/h1-13,21H,14-16H2,(H2,26,27,30). The second kappa shape index (κ2) is 9.01. The number of rotatable bonds is 5. The molecule has 1 atom stereocenters. The van der Waals surface area contributed by atoms with Gasteiger partial charge < -0.3 is 15.5 Å². The number of hydrogen-bond donors (Lipinski definition) is 2. The molecule has 0 aliphatic carbocycles. The van der Waals surface area contributed by atoms with Gasteiger partial charge in [-0.2, -0.15) is 0 Å². The molecule has 1 aliphatic heterocycles. The van der Waals surface area contributed by atoms with Crippen LogP contribution < -0.4 is 15.5 Å². The van der Waals surface area contributed by atoms with Crippen LogP contribution in [0.15, 0.2) is 78.9 Å². The van der Waals surface area contributed by atoms with Gasteiger partial charge in [0.05, 0.1) is 10.7 Å². The molecule has 0 aromatic heterocycles. The fraction of sp³-hybridized carbons (Fsp3) is 0.167. The average Bonchev–Trinajstić information content (AvgIpc) is 3.19. The molecule has 0 radical (unpaired) electrons. The molecule has 0 spiro atoms. The summed E-state index contributed by atoms with van der Waals surface area (Å²) >= 11 is 6.14. The number of halogens is 1. The second-order valence-corrected chi connectivity index (χ2v) is 7.60. The lowest BCUT2D eigenvalue weighted by atomic mass is 10.0. The van der Waals surface area contributed by atoms with E-state index in [1.807, 2.05) is 54.6 Å². The van der Waals surface area contributed by atoms with Crippen LogP contribution in [0.4, 0.5) is 16.2 Å². The highest BCUT2D eigenvalue weighted by Crippen LogP contribution is 2.28. The first-order valence-electron chi connectivity index (χ1n) is 9.87. The minimum absolute atomic E-state index is 0.127. The predicted molar refractivity (Wildman–Crippen MR) is 120 cm³/mol. The molecule has 4 rings (SSSR count). The summed E-state index contributed by atoms with van der Waals surface area (Å²) in [7, 11) is 0. The number of amides is 3. The minimum Gasteiger partial charge on any atom is -0.326 e. The molecule has 3 aromatic rings. The van der Waals surface area contributed by atoms with Crippen LogP contribution in [0.2, 0.25) is 5.02 Å². The summed E-state index contributed by atoms with van der Waals surface area (Å²) in [6.07, 6.45) is 1.21. The molecule has 3 amide bonds. The van der Waals surface area contributed by atoms with Crippen LogP contribution in [0.3, 0.4) is 0 Å². The van der Waals surface area contributed by atoms with E-state index in [-0.39, 0.29) is 5.91 Å². The maximum Gasteiger partial charge on any atom is 0.319 e. The number of fused-ring (bicyclic) bond motifs is 1. The van der Waals surface area contributed by atoms with Crippen molar-refractivity contribution in [3.8, 4) is 0 Å². The highest BCUT2D eigenvalue weighted by molar-refractivity contribution is 6.33. The highest BCUT2D eigenvalue weighted by atomic mass is 35.5. The highest BCUT2D eigenvalue weighted by Gasteiger charge is 2.31. The Kier molecular flexibility index (Phi) is 6.00. The topological polar surface area (TPSA) is 61.4 Å². The quantitative estimate of drug-likeness (QED) is 0.631. The van der Waals surface area contributed by atoms with Crippen molar-refractivity contribution in [1.82, 2.24) is 5.32 Å². The van der Waals surface area contributed by atoms with Gasteiger partial charge in [0.2, 0.25) is 5.91 Å². The van der Waals surface area contributed by atoms with Crippen LogP contribution in [0.5, 0.6) is 0 Å². The fourth-order valence-electron chi connectivity index (χ4n) is 3.68. The van der Waals surface area contributed by atoms with E-state index in [2.05, 4.69) is 10.6 Å². The summed E-state index contributed by atoms with van der Waals surface area (Å²) in [5, 5.41) is 6.02. The van der Waals surface area contributed by atoms with E-state index in [9.17, 15) is 9.59 Å². The first-order chi connectivity index (χ1) is 14.6. The summed E-state index contributed by atoms with van der Waals surface area (Å²) in [4.78, 5) is 27.9. The van der Waals surface area contributed by atoms with Gasteiger partial charge in [-0.1, -0.05) is 72.3 Å². The number of nitrogens with zero attached hydrogens (tertiary/aromatic N) is 1. The van der Waals surface area contributed by atoms with E-state index in [0.717, 1.165) is 23.2 Å². The zero-order valence-electron chi connectivity index (χ0n) is 16.3. The largest absolute Gasteiger partial charge is 0.326 e. The Morgan fingerprint density at radius 2 is 1.63 bits per heavy atom. The van der Waals surface area contributed by atoms with Crippen molar-refractivity contribution in [2.45, 2.75) is 18.9 Å². The number of hydrogen-bond acceptors (Lipinski definition) is 2. The number of anilines is 2. The Morgan fingerprint density at radius 3 is 2.43 bits per heavy atom. The molecule has 2 N–H and O–H groups in total. The third-order valence-corrected chi connectivity index (χ3v) is 5.49. The van der Waals surface area contributed by atoms with Crippen LogP contribution in [-0.2, 0) is 17.6 Å². The Bertz CT molecular complexity index is 1060. The van der Waals surface area contributed by atoms with Crippen molar-refractivity contribution in [3.05, 3.63) is 95.0 Å². The van der Waals surface area contributed by atoms with Crippen LogP contribution >= 0.6 is 11.6 Å². The van der Waals surface area contributed by atoms with E-state index in [1.165, 1.54) is 0 Å². The maximum absolute atomic E-state index is 13.4. The first kappa shape index (κ1) is 20.0. The van der Waals surface area contributed by atoms with Gasteiger partial charge in [0.15, 0.2) is 0 Å². The van der Waals surface area contributed by atoms with Gasteiger partial charge in [0.1, 0.15) is 6.04 Å². The lowest BCUT2D eigenvalue weighted by molar-refractivity contribution is -0.120. The molecule has 1 heterocycles. The maximum atomic E-state index is 13.4. The van der Waals surface area contributed by atoms with Crippen molar-refractivity contribution in [2.75, 3.05) is 16.8 Å². The summed E-state index contributed by atoms with van der Waals surface area (Å²) in [6.45, 7) is 0.608. The Hall–Kier alpha value is -3.31. The van der Waals surface area contributed by atoms with Gasteiger partial charge in [0, 0.05) is 18.7 Å². The third kappa shape index (κ3) is 4.47. The van der Waals surface area contributed by atoms with Gasteiger partial charge in [-0.3, -0.25) is 4.79 Å². The number of carbonyl (C=O) groups excluding carboxylic acids is 2. The molecule has 0 saturated heterocycles. The van der Waals surface area contributed by atoms with Gasteiger partial charge in [-0.05, 0) is 35.7 Å². The molecular weight excluding hydrogens is 398 g/mol. The number of nitrogens with one attached hydrogen (secondary N) is 2. The lowest BCUT2D eigenvalue weighted by Crippen LogP contribution is -2.50. The predicted octanol–water partition coefficient (Wildman–Crippen LogP) is 4.66. The number of benzene rings is 3. The summed E-state index contributed by atoms with van der Waals surface area (Å²) in [5.74, 6) is -0.127. The zero-order chi connectivity index (χ0) is 20.9. The van der Waals surface area contributed by atoms with E-state index in [1.54, 1.807) is 29.2 Å².